The lowest BCUT2D eigenvalue weighted by Gasteiger charge is -2.31. The zero-order valence-electron chi connectivity index (χ0n) is 11.4. The molecule has 0 saturated heterocycles. The van der Waals surface area contributed by atoms with Gasteiger partial charge in [-0.15, -0.1) is 11.6 Å². The molecule has 2 saturated carbocycles. The van der Waals surface area contributed by atoms with Gasteiger partial charge in [0, 0.05) is 17.8 Å². The van der Waals surface area contributed by atoms with Gasteiger partial charge in [-0.2, -0.15) is 13.2 Å². The van der Waals surface area contributed by atoms with E-state index in [1.807, 2.05) is 0 Å². The Hall–Kier alpha value is -0.450. The van der Waals surface area contributed by atoms with E-state index in [1.165, 1.54) is 0 Å². The van der Waals surface area contributed by atoms with Crippen LogP contribution < -0.4 is 5.32 Å². The van der Waals surface area contributed by atoms with Crippen LogP contribution in [0.3, 0.4) is 0 Å². The number of amides is 1. The molecule has 20 heavy (non-hydrogen) atoms. The number of rotatable bonds is 3. The third-order valence-electron chi connectivity index (χ3n) is 4.69. The molecule has 2 fully saturated rings. The van der Waals surface area contributed by atoms with Gasteiger partial charge in [0.2, 0.25) is 5.91 Å². The van der Waals surface area contributed by atoms with Crippen LogP contribution in [0.4, 0.5) is 13.2 Å². The largest absolute Gasteiger partial charge is 0.391 e. The van der Waals surface area contributed by atoms with Gasteiger partial charge in [-0.1, -0.05) is 12.8 Å². The first-order valence-electron chi connectivity index (χ1n) is 7.35. The van der Waals surface area contributed by atoms with Crippen molar-refractivity contribution >= 4 is 17.5 Å². The number of carbonyl (C=O) groups is 1. The minimum atomic E-state index is -4.18. The highest BCUT2D eigenvalue weighted by molar-refractivity contribution is 6.18. The molecule has 4 atom stereocenters. The Labute approximate surface area is 122 Å². The molecule has 0 aromatic carbocycles. The van der Waals surface area contributed by atoms with Crippen molar-refractivity contribution in [2.45, 2.75) is 57.2 Å². The Bertz CT molecular complexity index is 348. The maximum Gasteiger partial charge on any atom is 0.391 e. The number of hydrogen-bond donors (Lipinski definition) is 1. The summed E-state index contributed by atoms with van der Waals surface area (Å²) in [5, 5.41) is 2.93. The summed E-state index contributed by atoms with van der Waals surface area (Å²) in [6.07, 6.45) is -0.136. The van der Waals surface area contributed by atoms with E-state index < -0.39 is 18.0 Å². The highest BCUT2D eigenvalue weighted by atomic mass is 35.5. The lowest BCUT2D eigenvalue weighted by Crippen LogP contribution is -2.43. The monoisotopic (exact) mass is 311 g/mol. The zero-order valence-corrected chi connectivity index (χ0v) is 12.1. The molecular formula is C14H21ClF3NO. The summed E-state index contributed by atoms with van der Waals surface area (Å²) in [5.41, 5.74) is 0. The lowest BCUT2D eigenvalue weighted by molar-refractivity contribution is -0.186. The summed E-state index contributed by atoms with van der Waals surface area (Å²) in [7, 11) is 0. The second-order valence-corrected chi connectivity index (χ2v) is 6.37. The fraction of sp³-hybridized carbons (Fsp3) is 0.929. The number of halogens is 4. The Morgan fingerprint density at radius 2 is 1.85 bits per heavy atom. The molecule has 0 radical (unpaired) electrons. The van der Waals surface area contributed by atoms with Crippen molar-refractivity contribution in [3.63, 3.8) is 0 Å². The highest BCUT2D eigenvalue weighted by Gasteiger charge is 2.44. The molecule has 2 aliphatic carbocycles. The zero-order chi connectivity index (χ0) is 14.8. The lowest BCUT2D eigenvalue weighted by atomic mass is 9.80. The molecule has 0 aromatic rings. The van der Waals surface area contributed by atoms with Crippen LogP contribution in [0.5, 0.6) is 0 Å². The third kappa shape index (κ3) is 3.80. The molecule has 6 heteroatoms. The molecule has 0 bridgehead atoms. The number of carbonyl (C=O) groups excluding carboxylic acids is 1. The van der Waals surface area contributed by atoms with Gasteiger partial charge in [0.25, 0.3) is 0 Å². The van der Waals surface area contributed by atoms with Gasteiger partial charge in [-0.05, 0) is 38.0 Å². The van der Waals surface area contributed by atoms with Crippen LogP contribution >= 0.6 is 11.6 Å². The predicted molar refractivity (Wildman–Crippen MR) is 71.5 cm³/mol. The molecule has 2 aliphatic rings. The van der Waals surface area contributed by atoms with Gasteiger partial charge in [0.15, 0.2) is 0 Å². The average molecular weight is 312 g/mol. The second-order valence-electron chi connectivity index (χ2n) is 6.06. The molecule has 116 valence electrons. The Balaban J connectivity index is 1.89. The fourth-order valence-electron chi connectivity index (χ4n) is 3.44. The van der Waals surface area contributed by atoms with E-state index in [4.69, 9.17) is 11.6 Å². The topological polar surface area (TPSA) is 29.1 Å². The van der Waals surface area contributed by atoms with Crippen molar-refractivity contribution in [1.29, 1.82) is 0 Å². The van der Waals surface area contributed by atoms with Crippen LogP contribution in [0.25, 0.3) is 0 Å². The van der Waals surface area contributed by atoms with E-state index in [1.54, 1.807) is 0 Å². The molecule has 0 aromatic heterocycles. The van der Waals surface area contributed by atoms with Crippen molar-refractivity contribution in [3.8, 4) is 0 Å². The first kappa shape index (κ1) is 15.9. The first-order valence-corrected chi connectivity index (χ1v) is 7.88. The smallest absolute Gasteiger partial charge is 0.353 e. The van der Waals surface area contributed by atoms with Crippen LogP contribution in [-0.4, -0.2) is 24.0 Å². The van der Waals surface area contributed by atoms with E-state index in [9.17, 15) is 18.0 Å². The minimum absolute atomic E-state index is 0.0475. The summed E-state index contributed by atoms with van der Waals surface area (Å²) >= 11 is 5.85. The fourth-order valence-corrected chi connectivity index (χ4v) is 3.81. The number of hydrogen-bond acceptors (Lipinski definition) is 1. The van der Waals surface area contributed by atoms with Crippen molar-refractivity contribution in [3.05, 3.63) is 0 Å². The molecule has 2 rings (SSSR count). The molecule has 1 amide bonds. The summed E-state index contributed by atoms with van der Waals surface area (Å²) < 4.78 is 38.3. The van der Waals surface area contributed by atoms with E-state index in [0.717, 1.165) is 19.3 Å². The quantitative estimate of drug-likeness (QED) is 0.787. The Morgan fingerprint density at radius 1 is 1.15 bits per heavy atom. The van der Waals surface area contributed by atoms with Gasteiger partial charge < -0.3 is 5.32 Å². The average Bonchev–Trinajstić information content (AvgIpc) is 2.85. The van der Waals surface area contributed by atoms with Gasteiger partial charge >= 0.3 is 6.18 Å². The Kier molecular flexibility index (Phi) is 5.21. The van der Waals surface area contributed by atoms with Crippen LogP contribution in [0.2, 0.25) is 0 Å². The van der Waals surface area contributed by atoms with Crippen molar-refractivity contribution in [2.24, 2.45) is 17.8 Å². The highest BCUT2D eigenvalue weighted by Crippen LogP contribution is 2.40. The summed E-state index contributed by atoms with van der Waals surface area (Å²) in [4.78, 5) is 12.2. The van der Waals surface area contributed by atoms with Crippen molar-refractivity contribution in [1.82, 2.24) is 5.32 Å². The van der Waals surface area contributed by atoms with Gasteiger partial charge in [-0.25, -0.2) is 0 Å². The molecule has 4 unspecified atom stereocenters. The van der Waals surface area contributed by atoms with E-state index >= 15 is 0 Å². The molecule has 0 spiro atoms. The number of alkyl halides is 4. The maximum absolute atomic E-state index is 12.8. The van der Waals surface area contributed by atoms with Crippen LogP contribution in [0, 0.1) is 17.8 Å². The second kappa shape index (κ2) is 6.54. The molecular weight excluding hydrogens is 291 g/mol. The normalized spacial score (nSPS) is 35.0. The van der Waals surface area contributed by atoms with Crippen molar-refractivity contribution < 1.29 is 18.0 Å². The number of nitrogens with one attached hydrogen (secondary N) is 1. The van der Waals surface area contributed by atoms with E-state index in [0.29, 0.717) is 18.7 Å². The maximum atomic E-state index is 12.8. The molecule has 1 N–H and O–H groups in total. The van der Waals surface area contributed by atoms with Crippen molar-refractivity contribution in [2.75, 3.05) is 5.88 Å². The van der Waals surface area contributed by atoms with Crippen LogP contribution in [0.1, 0.15) is 44.9 Å². The Morgan fingerprint density at radius 3 is 2.50 bits per heavy atom. The van der Waals surface area contributed by atoms with Crippen LogP contribution in [-0.2, 0) is 4.79 Å². The summed E-state index contributed by atoms with van der Waals surface area (Å²) in [6.45, 7) is 0. The molecule has 2 nitrogen and oxygen atoms in total. The van der Waals surface area contributed by atoms with Crippen LogP contribution in [0.15, 0.2) is 0 Å². The minimum Gasteiger partial charge on any atom is -0.353 e. The van der Waals surface area contributed by atoms with Gasteiger partial charge in [-0.3, -0.25) is 4.79 Å². The predicted octanol–water partition coefficient (Wildman–Crippen LogP) is 3.88. The first-order chi connectivity index (χ1) is 9.41. The SMILES string of the molecule is O=C(NC1CCCC1CCl)C1CCCC(C(F)(F)F)C1. The van der Waals surface area contributed by atoms with Gasteiger partial charge in [0.1, 0.15) is 0 Å². The van der Waals surface area contributed by atoms with E-state index in [-0.39, 0.29) is 30.7 Å². The molecule has 0 heterocycles. The van der Waals surface area contributed by atoms with Gasteiger partial charge in [0.05, 0.1) is 5.92 Å². The third-order valence-corrected chi connectivity index (χ3v) is 5.09. The standard InChI is InChI=1S/C14H21ClF3NO/c15-8-10-4-2-6-12(10)19-13(20)9-3-1-5-11(7-9)14(16,17)18/h9-12H,1-8H2,(H,19,20). The van der Waals surface area contributed by atoms with E-state index in [2.05, 4.69) is 5.32 Å². The summed E-state index contributed by atoms with van der Waals surface area (Å²) in [5.74, 6) is -1.25. The molecule has 0 aliphatic heterocycles. The summed E-state index contributed by atoms with van der Waals surface area (Å²) in [6, 6.07) is 0.0475.